The topological polar surface area (TPSA) is 75.9 Å². The Morgan fingerprint density at radius 1 is 1.19 bits per heavy atom. The van der Waals surface area contributed by atoms with Crippen LogP contribution in [0.4, 0.5) is 11.4 Å². The molecule has 2 aromatic rings. The summed E-state index contributed by atoms with van der Waals surface area (Å²) in [5.74, 6) is 0.582. The third-order valence-electron chi connectivity index (χ3n) is 4.44. The van der Waals surface area contributed by atoms with Crippen molar-refractivity contribution in [3.05, 3.63) is 63.2 Å². The molecule has 8 heteroatoms. The van der Waals surface area contributed by atoms with Crippen molar-refractivity contribution in [1.29, 1.82) is 0 Å². The normalized spacial score (nSPS) is 14.1. The summed E-state index contributed by atoms with van der Waals surface area (Å²) in [7, 11) is 0. The Kier molecular flexibility index (Phi) is 5.81. The van der Waals surface area contributed by atoms with Crippen LogP contribution in [0, 0.1) is 10.1 Å². The van der Waals surface area contributed by atoms with Gasteiger partial charge in [-0.15, -0.1) is 0 Å². The predicted octanol–water partition coefficient (Wildman–Crippen LogP) is 3.61. The molecule has 7 nitrogen and oxygen atoms in total. The molecule has 1 amide bonds. The number of hydrogen-bond acceptors (Lipinski definition) is 5. The summed E-state index contributed by atoms with van der Waals surface area (Å²) in [4.78, 5) is 27.2. The lowest BCUT2D eigenvalue weighted by atomic mass is 10.1. The number of piperazine rings is 1. The van der Waals surface area contributed by atoms with Gasteiger partial charge in [0.25, 0.3) is 11.6 Å². The molecule has 142 valence electrons. The van der Waals surface area contributed by atoms with E-state index in [4.69, 9.17) is 16.3 Å². The number of nitro groups is 1. The van der Waals surface area contributed by atoms with Crippen molar-refractivity contribution in [2.45, 2.75) is 6.92 Å². The van der Waals surface area contributed by atoms with Crippen LogP contribution in [0.1, 0.15) is 17.3 Å². The Balaban J connectivity index is 1.72. The predicted molar refractivity (Wildman–Crippen MR) is 104 cm³/mol. The second-order valence-electron chi connectivity index (χ2n) is 6.10. The van der Waals surface area contributed by atoms with E-state index in [1.807, 2.05) is 17.9 Å². The zero-order valence-electron chi connectivity index (χ0n) is 14.9. The van der Waals surface area contributed by atoms with Gasteiger partial charge in [-0.3, -0.25) is 14.9 Å². The van der Waals surface area contributed by atoms with Crippen LogP contribution in [0.25, 0.3) is 0 Å². The monoisotopic (exact) mass is 389 g/mol. The molecule has 0 saturated carbocycles. The van der Waals surface area contributed by atoms with Gasteiger partial charge in [-0.2, -0.15) is 0 Å². The minimum absolute atomic E-state index is 0.0216. The molecule has 3 rings (SSSR count). The fourth-order valence-electron chi connectivity index (χ4n) is 3.17. The molecule has 0 radical (unpaired) electrons. The van der Waals surface area contributed by atoms with Crippen LogP contribution >= 0.6 is 11.6 Å². The van der Waals surface area contributed by atoms with E-state index in [0.29, 0.717) is 54.8 Å². The molecule has 2 aromatic carbocycles. The van der Waals surface area contributed by atoms with Crippen LogP contribution in [0.2, 0.25) is 5.02 Å². The van der Waals surface area contributed by atoms with E-state index in [2.05, 4.69) is 0 Å². The first-order chi connectivity index (χ1) is 13.0. The number of benzene rings is 2. The van der Waals surface area contributed by atoms with Crippen molar-refractivity contribution in [2.75, 3.05) is 37.7 Å². The molecule has 0 aliphatic carbocycles. The Morgan fingerprint density at radius 3 is 2.56 bits per heavy atom. The molecule has 1 aliphatic rings. The molecule has 1 saturated heterocycles. The van der Waals surface area contributed by atoms with Gasteiger partial charge in [0.1, 0.15) is 11.4 Å². The van der Waals surface area contributed by atoms with Crippen LogP contribution < -0.4 is 9.64 Å². The number of amides is 1. The minimum atomic E-state index is -0.433. The SMILES string of the molecule is CCOc1cccc(C(=O)N2CCN(c3c(Cl)cccc3[N+](=O)[O-])CC2)c1. The summed E-state index contributed by atoms with van der Waals surface area (Å²) < 4.78 is 5.45. The third-order valence-corrected chi connectivity index (χ3v) is 4.74. The molecular formula is C19H20ClN3O4. The van der Waals surface area contributed by atoms with E-state index in [9.17, 15) is 14.9 Å². The molecule has 1 heterocycles. The first-order valence-corrected chi connectivity index (χ1v) is 9.09. The zero-order chi connectivity index (χ0) is 19.4. The molecule has 0 aromatic heterocycles. The quantitative estimate of drug-likeness (QED) is 0.576. The standard InChI is InChI=1S/C19H20ClN3O4/c1-2-27-15-6-3-5-14(13-15)19(24)22-11-9-21(10-12-22)18-16(20)7-4-8-17(18)23(25)26/h3-8,13H,2,9-12H2,1H3. The fraction of sp³-hybridized carbons (Fsp3) is 0.316. The Morgan fingerprint density at radius 2 is 1.89 bits per heavy atom. The highest BCUT2D eigenvalue weighted by Crippen LogP contribution is 2.36. The minimum Gasteiger partial charge on any atom is -0.494 e. The number of halogens is 1. The molecule has 1 fully saturated rings. The van der Waals surface area contributed by atoms with E-state index in [0.717, 1.165) is 0 Å². The number of anilines is 1. The Bertz CT molecular complexity index is 851. The van der Waals surface area contributed by atoms with Crippen LogP contribution in [0.15, 0.2) is 42.5 Å². The number of para-hydroxylation sites is 1. The second-order valence-corrected chi connectivity index (χ2v) is 6.51. The Labute approximate surface area is 162 Å². The number of hydrogen-bond donors (Lipinski definition) is 0. The van der Waals surface area contributed by atoms with Crippen molar-refractivity contribution in [3.63, 3.8) is 0 Å². The molecule has 0 bridgehead atoms. The number of nitro benzene ring substituents is 1. The van der Waals surface area contributed by atoms with Gasteiger partial charge in [-0.1, -0.05) is 23.7 Å². The van der Waals surface area contributed by atoms with Gasteiger partial charge in [0.15, 0.2) is 0 Å². The molecule has 0 atom stereocenters. The summed E-state index contributed by atoms with van der Waals surface area (Å²) >= 11 is 6.21. The summed E-state index contributed by atoms with van der Waals surface area (Å²) in [5, 5.41) is 11.6. The molecule has 0 spiro atoms. The zero-order valence-corrected chi connectivity index (χ0v) is 15.7. The van der Waals surface area contributed by atoms with Crippen molar-refractivity contribution < 1.29 is 14.5 Å². The van der Waals surface area contributed by atoms with Crippen LogP contribution in [0.3, 0.4) is 0 Å². The summed E-state index contributed by atoms with van der Waals surface area (Å²) in [5.41, 5.74) is 0.958. The van der Waals surface area contributed by atoms with Gasteiger partial charge in [-0.05, 0) is 31.2 Å². The Hall–Kier alpha value is -2.80. The van der Waals surface area contributed by atoms with Crippen LogP contribution in [-0.2, 0) is 0 Å². The highest BCUT2D eigenvalue weighted by Gasteiger charge is 2.28. The largest absolute Gasteiger partial charge is 0.494 e. The van der Waals surface area contributed by atoms with Gasteiger partial charge in [0.05, 0.1) is 16.6 Å². The lowest BCUT2D eigenvalue weighted by Crippen LogP contribution is -2.49. The number of carbonyl (C=O) groups is 1. The van der Waals surface area contributed by atoms with Crippen molar-refractivity contribution in [1.82, 2.24) is 4.90 Å². The summed E-state index contributed by atoms with van der Waals surface area (Å²) in [6.45, 7) is 4.29. The van der Waals surface area contributed by atoms with E-state index >= 15 is 0 Å². The maximum absolute atomic E-state index is 12.8. The van der Waals surface area contributed by atoms with E-state index in [1.165, 1.54) is 6.07 Å². The van der Waals surface area contributed by atoms with Gasteiger partial charge < -0.3 is 14.5 Å². The number of nitrogens with zero attached hydrogens (tertiary/aromatic N) is 3. The fourth-order valence-corrected chi connectivity index (χ4v) is 3.45. The van der Waals surface area contributed by atoms with E-state index in [1.54, 1.807) is 35.2 Å². The maximum atomic E-state index is 12.8. The molecule has 27 heavy (non-hydrogen) atoms. The third kappa shape index (κ3) is 4.14. The maximum Gasteiger partial charge on any atom is 0.294 e. The highest BCUT2D eigenvalue weighted by atomic mass is 35.5. The summed E-state index contributed by atoms with van der Waals surface area (Å²) in [6.07, 6.45) is 0. The average Bonchev–Trinajstić information content (AvgIpc) is 2.68. The van der Waals surface area contributed by atoms with Crippen molar-refractivity contribution >= 4 is 28.9 Å². The molecule has 0 unspecified atom stereocenters. The van der Waals surface area contributed by atoms with Gasteiger partial charge in [0, 0.05) is 37.8 Å². The number of rotatable bonds is 5. The van der Waals surface area contributed by atoms with Crippen molar-refractivity contribution in [2.24, 2.45) is 0 Å². The van der Waals surface area contributed by atoms with Crippen molar-refractivity contribution in [3.8, 4) is 5.75 Å². The highest BCUT2D eigenvalue weighted by molar-refractivity contribution is 6.33. The molecule has 1 aliphatic heterocycles. The molecular weight excluding hydrogens is 370 g/mol. The van der Waals surface area contributed by atoms with Gasteiger partial charge >= 0.3 is 0 Å². The van der Waals surface area contributed by atoms with E-state index in [-0.39, 0.29) is 11.6 Å². The first-order valence-electron chi connectivity index (χ1n) is 8.71. The second kappa shape index (κ2) is 8.26. The number of ether oxygens (including phenoxy) is 1. The number of carbonyl (C=O) groups excluding carboxylic acids is 1. The first kappa shape index (κ1) is 19.0. The molecule has 0 N–H and O–H groups in total. The van der Waals surface area contributed by atoms with Gasteiger partial charge in [-0.25, -0.2) is 0 Å². The lowest BCUT2D eigenvalue weighted by molar-refractivity contribution is -0.384. The van der Waals surface area contributed by atoms with Crippen LogP contribution in [-0.4, -0.2) is 48.5 Å². The average molecular weight is 390 g/mol. The lowest BCUT2D eigenvalue weighted by Gasteiger charge is -2.36. The van der Waals surface area contributed by atoms with Crippen LogP contribution in [0.5, 0.6) is 5.75 Å². The smallest absolute Gasteiger partial charge is 0.294 e. The van der Waals surface area contributed by atoms with E-state index < -0.39 is 4.92 Å². The summed E-state index contributed by atoms with van der Waals surface area (Å²) in [6, 6.07) is 11.7. The van der Waals surface area contributed by atoms with Gasteiger partial charge in [0.2, 0.25) is 0 Å².